The molecule has 1 aliphatic carbocycles. The first-order valence-electron chi connectivity index (χ1n) is 12.3. The fourth-order valence-corrected chi connectivity index (χ4v) is 4.63. The lowest BCUT2D eigenvalue weighted by Crippen LogP contribution is -2.32. The summed E-state index contributed by atoms with van der Waals surface area (Å²) in [7, 11) is 0. The zero-order valence-corrected chi connectivity index (χ0v) is 20.5. The maximum Gasteiger partial charge on any atom is 0.269 e. The lowest BCUT2D eigenvalue weighted by molar-refractivity contribution is -0.384. The van der Waals surface area contributed by atoms with E-state index in [4.69, 9.17) is 0 Å². The second-order valence-corrected chi connectivity index (χ2v) is 9.50. The fraction of sp³-hybridized carbons (Fsp3) is 0.500. The Labute approximate surface area is 205 Å². The van der Waals surface area contributed by atoms with E-state index in [9.17, 15) is 15.2 Å². The zero-order valence-electron chi connectivity index (χ0n) is 20.5. The van der Waals surface area contributed by atoms with Crippen LogP contribution >= 0.6 is 0 Å². The van der Waals surface area contributed by atoms with Gasteiger partial charge in [0.25, 0.3) is 5.69 Å². The van der Waals surface area contributed by atoms with Gasteiger partial charge < -0.3 is 15.0 Å². The molecule has 0 aliphatic heterocycles. The van der Waals surface area contributed by atoms with E-state index in [0.29, 0.717) is 48.1 Å². The van der Waals surface area contributed by atoms with Crippen LogP contribution in [0.25, 0.3) is 11.2 Å². The van der Waals surface area contributed by atoms with Gasteiger partial charge in [-0.25, -0.2) is 15.0 Å². The number of nitrogens with zero attached hydrogens (tertiary/aromatic N) is 5. The van der Waals surface area contributed by atoms with Crippen LogP contribution in [0.3, 0.4) is 0 Å². The molecular weight excluding hydrogens is 444 g/mol. The smallest absolute Gasteiger partial charge is 0.269 e. The number of non-ortho nitro benzene ring substituents is 1. The molecule has 2 N–H and O–H groups in total. The molecule has 35 heavy (non-hydrogen) atoms. The number of anilines is 1. The summed E-state index contributed by atoms with van der Waals surface area (Å²) < 4.78 is 1.89. The molecule has 1 aliphatic rings. The van der Waals surface area contributed by atoms with Gasteiger partial charge in [-0.3, -0.25) is 10.1 Å². The molecule has 9 nitrogen and oxygen atoms in total. The highest BCUT2D eigenvalue weighted by molar-refractivity contribution is 5.83. The van der Waals surface area contributed by atoms with Gasteiger partial charge in [0.15, 0.2) is 17.0 Å². The van der Waals surface area contributed by atoms with Crippen molar-refractivity contribution in [2.45, 2.75) is 77.5 Å². The summed E-state index contributed by atoms with van der Waals surface area (Å²) in [5.74, 6) is 7.49. The van der Waals surface area contributed by atoms with Gasteiger partial charge in [-0.05, 0) is 49.5 Å². The quantitative estimate of drug-likeness (QED) is 0.289. The highest BCUT2D eigenvalue weighted by Crippen LogP contribution is 2.31. The number of aliphatic hydroxyl groups is 1. The molecule has 0 bridgehead atoms. The Morgan fingerprint density at radius 2 is 2.03 bits per heavy atom. The van der Waals surface area contributed by atoms with Crippen molar-refractivity contribution in [1.29, 1.82) is 0 Å². The highest BCUT2D eigenvalue weighted by Gasteiger charge is 2.30. The van der Waals surface area contributed by atoms with Crippen LogP contribution in [0.1, 0.15) is 70.7 Å². The van der Waals surface area contributed by atoms with Crippen LogP contribution in [0.2, 0.25) is 0 Å². The number of benzene rings is 1. The Morgan fingerprint density at radius 3 is 2.69 bits per heavy atom. The first-order valence-corrected chi connectivity index (χ1v) is 12.3. The zero-order chi connectivity index (χ0) is 25.0. The van der Waals surface area contributed by atoms with Crippen LogP contribution < -0.4 is 5.32 Å². The van der Waals surface area contributed by atoms with Crippen molar-refractivity contribution in [3.05, 3.63) is 52.1 Å². The number of rotatable bonds is 7. The van der Waals surface area contributed by atoms with E-state index in [1.54, 1.807) is 18.5 Å². The van der Waals surface area contributed by atoms with Gasteiger partial charge >= 0.3 is 0 Å². The second kappa shape index (κ2) is 10.4. The standard InChI is InChI=1S/C26H32N6O3/c1-4-20(5-2)28-24-23-25(30-22(29-24)12-14-26(33)13-6-7-18(3)15-26)31(17-27-23)16-19-8-10-21(11-9-19)32(34)35/h8-11,17-18,20,33H,4-7,13,15-16H2,1-3H3,(H,28,29,30). The first kappa shape index (κ1) is 24.6. The summed E-state index contributed by atoms with van der Waals surface area (Å²) in [5.41, 5.74) is 1.20. The van der Waals surface area contributed by atoms with E-state index in [1.807, 2.05) is 4.57 Å². The SMILES string of the molecule is CCC(CC)Nc1nc(C#CC2(O)CCCC(C)C2)nc2c1ncn2Cc1ccc([N+](=O)[O-])cc1. The molecule has 0 saturated heterocycles. The maximum atomic E-state index is 11.0. The van der Waals surface area contributed by atoms with Crippen LogP contribution in [0.5, 0.6) is 0 Å². The molecule has 1 aromatic carbocycles. The Kier molecular flexibility index (Phi) is 7.31. The highest BCUT2D eigenvalue weighted by atomic mass is 16.6. The number of hydrogen-bond donors (Lipinski definition) is 2. The average Bonchev–Trinajstić information content (AvgIpc) is 3.24. The molecule has 2 heterocycles. The number of nitrogens with one attached hydrogen (secondary N) is 1. The van der Waals surface area contributed by atoms with Crippen molar-refractivity contribution < 1.29 is 10.0 Å². The summed E-state index contributed by atoms with van der Waals surface area (Å²) in [4.78, 5) is 24.5. The molecule has 2 aromatic heterocycles. The lowest BCUT2D eigenvalue weighted by Gasteiger charge is -2.30. The van der Waals surface area contributed by atoms with Gasteiger partial charge in [0.05, 0.1) is 17.8 Å². The lowest BCUT2D eigenvalue weighted by atomic mass is 9.79. The normalized spacial score (nSPS) is 20.0. The number of nitro groups is 1. The topological polar surface area (TPSA) is 119 Å². The third kappa shape index (κ3) is 5.77. The van der Waals surface area contributed by atoms with Gasteiger partial charge in [0, 0.05) is 18.2 Å². The van der Waals surface area contributed by atoms with Crippen molar-refractivity contribution >= 4 is 22.7 Å². The van der Waals surface area contributed by atoms with E-state index >= 15 is 0 Å². The van der Waals surface area contributed by atoms with E-state index in [0.717, 1.165) is 31.2 Å². The van der Waals surface area contributed by atoms with Crippen molar-refractivity contribution in [3.63, 3.8) is 0 Å². The first-order chi connectivity index (χ1) is 16.8. The van der Waals surface area contributed by atoms with Gasteiger partial charge in [-0.15, -0.1) is 0 Å². The Hall–Kier alpha value is -3.51. The summed E-state index contributed by atoms with van der Waals surface area (Å²) in [6.07, 6.45) is 6.94. The Morgan fingerprint density at radius 1 is 1.29 bits per heavy atom. The Balaban J connectivity index is 1.71. The molecule has 2 unspecified atom stereocenters. The predicted octanol–water partition coefficient (Wildman–Crippen LogP) is 4.68. The largest absolute Gasteiger partial charge is 0.378 e. The third-order valence-corrected chi connectivity index (χ3v) is 6.67. The molecule has 2 atom stereocenters. The van der Waals surface area contributed by atoms with Gasteiger partial charge in [-0.2, -0.15) is 0 Å². The van der Waals surface area contributed by atoms with Crippen LogP contribution in [0.15, 0.2) is 30.6 Å². The number of imidazole rings is 1. The van der Waals surface area contributed by atoms with E-state index < -0.39 is 10.5 Å². The summed E-state index contributed by atoms with van der Waals surface area (Å²) in [6, 6.07) is 6.68. The molecule has 3 aromatic rings. The minimum absolute atomic E-state index is 0.0516. The number of aromatic nitrogens is 4. The molecule has 4 rings (SSSR count). The molecule has 0 spiro atoms. The van der Waals surface area contributed by atoms with Gasteiger partial charge in [0.2, 0.25) is 5.82 Å². The summed E-state index contributed by atoms with van der Waals surface area (Å²) >= 11 is 0. The maximum absolute atomic E-state index is 11.0. The molecule has 1 saturated carbocycles. The van der Waals surface area contributed by atoms with Crippen molar-refractivity contribution in [2.24, 2.45) is 5.92 Å². The minimum Gasteiger partial charge on any atom is -0.378 e. The van der Waals surface area contributed by atoms with E-state index in [1.165, 1.54) is 12.1 Å². The molecule has 9 heteroatoms. The summed E-state index contributed by atoms with van der Waals surface area (Å²) in [6.45, 7) is 6.83. The number of hydrogen-bond acceptors (Lipinski definition) is 7. The molecule has 1 fully saturated rings. The van der Waals surface area contributed by atoms with E-state index in [2.05, 4.69) is 52.9 Å². The van der Waals surface area contributed by atoms with Crippen LogP contribution in [-0.4, -0.2) is 41.2 Å². The third-order valence-electron chi connectivity index (χ3n) is 6.67. The predicted molar refractivity (Wildman–Crippen MR) is 135 cm³/mol. The van der Waals surface area contributed by atoms with Crippen LogP contribution in [0, 0.1) is 27.9 Å². The second-order valence-electron chi connectivity index (χ2n) is 9.50. The summed E-state index contributed by atoms with van der Waals surface area (Å²) in [5, 5.41) is 25.4. The molecule has 0 amide bonds. The van der Waals surface area contributed by atoms with Crippen molar-refractivity contribution in [2.75, 3.05) is 5.32 Å². The fourth-order valence-electron chi connectivity index (χ4n) is 4.63. The van der Waals surface area contributed by atoms with E-state index in [-0.39, 0.29) is 11.7 Å². The van der Waals surface area contributed by atoms with Crippen LogP contribution in [0.4, 0.5) is 11.5 Å². The molecule has 0 radical (unpaired) electrons. The monoisotopic (exact) mass is 476 g/mol. The van der Waals surface area contributed by atoms with Crippen LogP contribution in [-0.2, 0) is 6.54 Å². The minimum atomic E-state index is -1.02. The number of nitro benzene ring substituents is 1. The van der Waals surface area contributed by atoms with Gasteiger partial charge in [-0.1, -0.05) is 45.2 Å². The van der Waals surface area contributed by atoms with Gasteiger partial charge in [0.1, 0.15) is 5.60 Å². The average molecular weight is 477 g/mol. The number of fused-ring (bicyclic) bond motifs is 1. The van der Waals surface area contributed by atoms with Crippen molar-refractivity contribution in [1.82, 2.24) is 19.5 Å². The molecular formula is C26H32N6O3. The Bertz CT molecular complexity index is 1260. The molecule has 184 valence electrons. The van der Waals surface area contributed by atoms with Crippen molar-refractivity contribution in [3.8, 4) is 11.8 Å².